The summed E-state index contributed by atoms with van der Waals surface area (Å²) in [6.07, 6.45) is 1.78. The highest BCUT2D eigenvalue weighted by Crippen LogP contribution is 2.18. The number of nitrogens with two attached hydrogens (primary N) is 1. The highest BCUT2D eigenvalue weighted by atomic mass is 16.4. The zero-order valence-electron chi connectivity index (χ0n) is 10.8. The molecule has 2 rings (SSSR count). The van der Waals surface area contributed by atoms with Crippen molar-refractivity contribution < 1.29 is 14.7 Å². The van der Waals surface area contributed by atoms with E-state index < -0.39 is 5.97 Å². The van der Waals surface area contributed by atoms with Crippen molar-refractivity contribution in [1.82, 2.24) is 9.88 Å². The van der Waals surface area contributed by atoms with Gasteiger partial charge in [0.1, 0.15) is 5.69 Å². The number of aromatic nitrogens is 1. The molecule has 0 saturated carbocycles. The topological polar surface area (TPSA) is 111 Å². The second kappa shape index (κ2) is 5.31. The Morgan fingerprint density at radius 1 is 1.58 bits per heavy atom. The van der Waals surface area contributed by atoms with Gasteiger partial charge in [-0.2, -0.15) is 0 Å². The second-order valence-corrected chi connectivity index (χ2v) is 4.82. The van der Waals surface area contributed by atoms with Crippen LogP contribution in [0.15, 0.2) is 6.07 Å². The first-order valence-electron chi connectivity index (χ1n) is 6.22. The first kappa shape index (κ1) is 13.4. The molecule has 0 aliphatic carbocycles. The zero-order chi connectivity index (χ0) is 14.0. The molecule has 7 nitrogen and oxygen atoms in total. The molecule has 1 aromatic rings. The highest BCUT2D eigenvalue weighted by Gasteiger charge is 2.23. The Morgan fingerprint density at radius 2 is 2.32 bits per heavy atom. The van der Waals surface area contributed by atoms with Crippen molar-refractivity contribution >= 4 is 17.7 Å². The number of urea groups is 1. The fourth-order valence-electron chi connectivity index (χ4n) is 2.25. The molecule has 1 unspecified atom stereocenters. The van der Waals surface area contributed by atoms with Crippen LogP contribution in [-0.2, 0) is 0 Å². The average Bonchev–Trinajstić information content (AvgIpc) is 2.70. The van der Waals surface area contributed by atoms with Gasteiger partial charge in [-0.1, -0.05) is 0 Å². The zero-order valence-corrected chi connectivity index (χ0v) is 10.8. The van der Waals surface area contributed by atoms with Gasteiger partial charge >= 0.3 is 12.0 Å². The van der Waals surface area contributed by atoms with Crippen molar-refractivity contribution in [2.75, 3.05) is 18.4 Å². The number of aromatic carboxylic acids is 1. The van der Waals surface area contributed by atoms with Crippen LogP contribution in [0.2, 0.25) is 0 Å². The van der Waals surface area contributed by atoms with Crippen LogP contribution in [-0.4, -0.2) is 46.1 Å². The summed E-state index contributed by atoms with van der Waals surface area (Å²) in [7, 11) is 0. The summed E-state index contributed by atoms with van der Waals surface area (Å²) in [5.74, 6) is -1.10. The predicted octanol–water partition coefficient (Wildman–Crippen LogP) is 0.976. The molecule has 1 fully saturated rings. The lowest BCUT2D eigenvalue weighted by Gasteiger charge is -2.30. The molecule has 1 aromatic heterocycles. The number of aromatic amines is 1. The van der Waals surface area contributed by atoms with Crippen molar-refractivity contribution in [3.63, 3.8) is 0 Å². The average molecular weight is 266 g/mol. The maximum Gasteiger partial charge on any atom is 0.354 e. The van der Waals surface area contributed by atoms with Crippen molar-refractivity contribution in [3.05, 3.63) is 17.5 Å². The number of carbonyl (C=O) groups is 2. The molecule has 1 aliphatic heterocycles. The lowest BCUT2D eigenvalue weighted by molar-refractivity contribution is 0.0692. The smallest absolute Gasteiger partial charge is 0.354 e. The molecule has 19 heavy (non-hydrogen) atoms. The van der Waals surface area contributed by atoms with Gasteiger partial charge in [-0.05, 0) is 25.8 Å². The third-order valence-corrected chi connectivity index (χ3v) is 3.15. The number of rotatable bonds is 2. The first-order chi connectivity index (χ1) is 8.97. The predicted molar refractivity (Wildman–Crippen MR) is 70.3 cm³/mol. The van der Waals surface area contributed by atoms with Crippen LogP contribution in [0.4, 0.5) is 10.5 Å². The van der Waals surface area contributed by atoms with E-state index in [-0.39, 0.29) is 23.5 Å². The number of nitrogens with zero attached hydrogens (tertiary/aromatic N) is 1. The molecule has 2 amide bonds. The number of nitrogens with one attached hydrogen (secondary N) is 2. The number of carbonyl (C=O) groups excluding carboxylic acids is 1. The summed E-state index contributed by atoms with van der Waals surface area (Å²) in [6, 6.07) is 1.29. The summed E-state index contributed by atoms with van der Waals surface area (Å²) < 4.78 is 0. The van der Waals surface area contributed by atoms with Gasteiger partial charge in [-0.3, -0.25) is 0 Å². The standard InChI is InChI=1S/C12H18N4O3/c1-7-5-9(10(14-7)11(17)18)15-12(19)16-4-2-3-8(13)6-16/h5,8,14H,2-4,6,13H2,1H3,(H,15,19)(H,17,18). The number of carboxylic acids is 1. The first-order valence-corrected chi connectivity index (χ1v) is 6.22. The quantitative estimate of drug-likeness (QED) is 0.639. The molecule has 0 aromatic carbocycles. The normalized spacial score (nSPS) is 19.3. The Kier molecular flexibility index (Phi) is 3.75. The fraction of sp³-hybridized carbons (Fsp3) is 0.500. The van der Waals surface area contributed by atoms with Crippen LogP contribution in [0, 0.1) is 6.92 Å². The SMILES string of the molecule is Cc1cc(NC(=O)N2CCCC(N)C2)c(C(=O)O)[nH]1. The van der Waals surface area contributed by atoms with E-state index in [1.165, 1.54) is 0 Å². The van der Waals surface area contributed by atoms with Crippen LogP contribution in [0.3, 0.4) is 0 Å². The van der Waals surface area contributed by atoms with Crippen LogP contribution in [0.5, 0.6) is 0 Å². The van der Waals surface area contributed by atoms with Crippen molar-refractivity contribution in [1.29, 1.82) is 0 Å². The molecule has 0 spiro atoms. The number of anilines is 1. The summed E-state index contributed by atoms with van der Waals surface area (Å²) in [5, 5.41) is 11.7. The number of amides is 2. The minimum absolute atomic E-state index is 0.00726. The van der Waals surface area contributed by atoms with E-state index in [1.807, 2.05) is 0 Å². The monoisotopic (exact) mass is 266 g/mol. The van der Waals surface area contributed by atoms with E-state index in [9.17, 15) is 9.59 Å². The van der Waals surface area contributed by atoms with Gasteiger partial charge in [-0.15, -0.1) is 0 Å². The molecular formula is C12H18N4O3. The van der Waals surface area contributed by atoms with E-state index in [0.717, 1.165) is 12.8 Å². The number of likely N-dealkylation sites (tertiary alicyclic amines) is 1. The number of aryl methyl sites for hydroxylation is 1. The summed E-state index contributed by atoms with van der Waals surface area (Å²) in [5.41, 5.74) is 6.78. The molecule has 1 aliphatic rings. The second-order valence-electron chi connectivity index (χ2n) is 4.82. The number of H-pyrrole nitrogens is 1. The maximum absolute atomic E-state index is 12.0. The van der Waals surface area contributed by atoms with Crippen LogP contribution < -0.4 is 11.1 Å². The van der Waals surface area contributed by atoms with Gasteiger partial charge in [-0.25, -0.2) is 9.59 Å². The summed E-state index contributed by atoms with van der Waals surface area (Å²) in [6.45, 7) is 2.88. The van der Waals surface area contributed by atoms with E-state index in [1.54, 1.807) is 17.9 Å². The minimum Gasteiger partial charge on any atom is -0.477 e. The molecule has 7 heteroatoms. The lowest BCUT2D eigenvalue weighted by atomic mass is 10.1. The van der Waals surface area contributed by atoms with Gasteiger partial charge in [0.05, 0.1) is 5.69 Å². The van der Waals surface area contributed by atoms with Crippen LogP contribution in [0.1, 0.15) is 29.0 Å². The van der Waals surface area contributed by atoms with Crippen molar-refractivity contribution in [2.45, 2.75) is 25.8 Å². The fourth-order valence-corrected chi connectivity index (χ4v) is 2.25. The largest absolute Gasteiger partial charge is 0.477 e. The minimum atomic E-state index is -1.10. The summed E-state index contributed by atoms with van der Waals surface area (Å²) in [4.78, 5) is 27.4. The summed E-state index contributed by atoms with van der Waals surface area (Å²) >= 11 is 0. The lowest BCUT2D eigenvalue weighted by Crippen LogP contribution is -2.47. The Hall–Kier alpha value is -2.02. The third kappa shape index (κ3) is 3.05. The van der Waals surface area contributed by atoms with Crippen LogP contribution >= 0.6 is 0 Å². The van der Waals surface area contributed by atoms with Crippen molar-refractivity contribution in [3.8, 4) is 0 Å². The van der Waals surface area contributed by atoms with Crippen molar-refractivity contribution in [2.24, 2.45) is 5.73 Å². The Bertz CT molecular complexity index is 497. The van der Waals surface area contributed by atoms with Gasteiger partial charge < -0.3 is 26.0 Å². The third-order valence-electron chi connectivity index (χ3n) is 3.15. The number of hydrogen-bond acceptors (Lipinski definition) is 3. The molecule has 5 N–H and O–H groups in total. The number of piperidine rings is 1. The number of hydrogen-bond donors (Lipinski definition) is 4. The molecule has 2 heterocycles. The van der Waals surface area contributed by atoms with E-state index >= 15 is 0 Å². The van der Waals surface area contributed by atoms with E-state index in [2.05, 4.69) is 10.3 Å². The Labute approximate surface area is 110 Å². The van der Waals surface area contributed by atoms with Crippen LogP contribution in [0.25, 0.3) is 0 Å². The van der Waals surface area contributed by atoms with Gasteiger partial charge in [0.2, 0.25) is 0 Å². The molecule has 1 atom stereocenters. The van der Waals surface area contributed by atoms with Gasteiger partial charge in [0.25, 0.3) is 0 Å². The van der Waals surface area contributed by atoms with Gasteiger partial charge in [0.15, 0.2) is 0 Å². The molecule has 1 saturated heterocycles. The van der Waals surface area contributed by atoms with E-state index in [0.29, 0.717) is 18.8 Å². The Balaban J connectivity index is 2.08. The number of carboxylic acid groups (broad SMARTS) is 1. The highest BCUT2D eigenvalue weighted by molar-refractivity contribution is 5.99. The maximum atomic E-state index is 12.0. The van der Waals surface area contributed by atoms with E-state index in [4.69, 9.17) is 10.8 Å². The molecular weight excluding hydrogens is 248 g/mol. The molecule has 104 valence electrons. The molecule has 0 radical (unpaired) electrons. The van der Waals surface area contributed by atoms with Gasteiger partial charge in [0, 0.05) is 24.8 Å². The molecule has 0 bridgehead atoms. The Morgan fingerprint density at radius 3 is 2.95 bits per heavy atom.